The van der Waals surface area contributed by atoms with Crippen LogP contribution in [0.4, 0.5) is 8.78 Å². The first-order valence-corrected chi connectivity index (χ1v) is 7.21. The molecule has 1 aromatic rings. The predicted molar refractivity (Wildman–Crippen MR) is 95.8 cm³/mol. The van der Waals surface area contributed by atoms with Gasteiger partial charge in [-0.1, -0.05) is 13.8 Å². The van der Waals surface area contributed by atoms with Crippen molar-refractivity contribution in [3.63, 3.8) is 0 Å². The summed E-state index contributed by atoms with van der Waals surface area (Å²) in [5.41, 5.74) is 0. The fraction of sp³-hybridized carbons (Fsp3) is 0.714. The summed E-state index contributed by atoms with van der Waals surface area (Å²) >= 11 is 0. The summed E-state index contributed by atoms with van der Waals surface area (Å²) in [5, 5.41) is 6.26. The maximum atomic E-state index is 12.7. The van der Waals surface area contributed by atoms with E-state index in [-0.39, 0.29) is 42.4 Å². The Bertz CT molecular complexity index is 448. The molecule has 0 aliphatic rings. The molecule has 0 fully saturated rings. The van der Waals surface area contributed by atoms with Crippen LogP contribution in [-0.4, -0.2) is 28.6 Å². The average molecular weight is 429 g/mol. The van der Waals surface area contributed by atoms with E-state index in [4.69, 9.17) is 0 Å². The molecule has 8 heteroatoms. The van der Waals surface area contributed by atoms with Gasteiger partial charge in [0, 0.05) is 25.5 Å². The van der Waals surface area contributed by atoms with Gasteiger partial charge in [0.25, 0.3) is 0 Å². The molecular formula is C14H26F2IN5. The second kappa shape index (κ2) is 10.7. The molecule has 2 N–H and O–H groups in total. The SMILES string of the molecule is CN=C(NCc1nccn1C(F)F)NC(C)CCC(C)C.I. The first-order valence-electron chi connectivity index (χ1n) is 7.21. The van der Waals surface area contributed by atoms with Crippen molar-refractivity contribution >= 4 is 29.9 Å². The number of nitrogens with zero attached hydrogens (tertiary/aromatic N) is 3. The number of aromatic nitrogens is 2. The molecule has 5 nitrogen and oxygen atoms in total. The second-order valence-electron chi connectivity index (χ2n) is 5.47. The fourth-order valence-electron chi connectivity index (χ4n) is 1.90. The minimum atomic E-state index is -2.58. The molecule has 128 valence electrons. The van der Waals surface area contributed by atoms with Crippen molar-refractivity contribution in [3.8, 4) is 0 Å². The van der Waals surface area contributed by atoms with Gasteiger partial charge < -0.3 is 10.6 Å². The van der Waals surface area contributed by atoms with Gasteiger partial charge in [-0.25, -0.2) is 4.98 Å². The lowest BCUT2D eigenvalue weighted by atomic mass is 10.0. The van der Waals surface area contributed by atoms with Crippen LogP contribution >= 0.6 is 24.0 Å². The van der Waals surface area contributed by atoms with Gasteiger partial charge >= 0.3 is 6.55 Å². The summed E-state index contributed by atoms with van der Waals surface area (Å²) in [6.45, 7) is 4.07. The fourth-order valence-corrected chi connectivity index (χ4v) is 1.90. The van der Waals surface area contributed by atoms with Gasteiger partial charge in [0.05, 0.1) is 6.54 Å². The number of nitrogens with one attached hydrogen (secondary N) is 2. The highest BCUT2D eigenvalue weighted by atomic mass is 127. The summed E-state index contributed by atoms with van der Waals surface area (Å²) in [6, 6.07) is 0.272. The maximum Gasteiger partial charge on any atom is 0.319 e. The second-order valence-corrected chi connectivity index (χ2v) is 5.47. The quantitative estimate of drug-likeness (QED) is 0.397. The molecule has 0 aliphatic carbocycles. The minimum absolute atomic E-state index is 0. The van der Waals surface area contributed by atoms with E-state index in [1.807, 2.05) is 0 Å². The Kier molecular flexibility index (Phi) is 10.3. The molecule has 0 saturated carbocycles. The molecule has 0 bridgehead atoms. The van der Waals surface area contributed by atoms with Gasteiger partial charge in [-0.05, 0) is 25.7 Å². The first-order chi connectivity index (χ1) is 9.93. The molecule has 1 atom stereocenters. The highest BCUT2D eigenvalue weighted by Gasteiger charge is 2.12. The zero-order chi connectivity index (χ0) is 15.8. The van der Waals surface area contributed by atoms with E-state index in [2.05, 4.69) is 41.4 Å². The van der Waals surface area contributed by atoms with Gasteiger partial charge in [-0.3, -0.25) is 9.56 Å². The first kappa shape index (κ1) is 21.1. The van der Waals surface area contributed by atoms with Gasteiger partial charge in [0.15, 0.2) is 5.96 Å². The van der Waals surface area contributed by atoms with Crippen LogP contribution in [0.3, 0.4) is 0 Å². The van der Waals surface area contributed by atoms with Crippen molar-refractivity contribution in [2.24, 2.45) is 10.9 Å². The molecule has 0 radical (unpaired) electrons. The number of halogens is 3. The molecule has 1 heterocycles. The number of imidazole rings is 1. The summed E-state index contributed by atoms with van der Waals surface area (Å²) in [4.78, 5) is 8.02. The van der Waals surface area contributed by atoms with Gasteiger partial charge in [-0.2, -0.15) is 8.78 Å². The summed E-state index contributed by atoms with van der Waals surface area (Å²) in [6.07, 6.45) is 4.79. The van der Waals surface area contributed by atoms with E-state index in [1.165, 1.54) is 12.4 Å². The van der Waals surface area contributed by atoms with E-state index in [1.54, 1.807) is 7.05 Å². The van der Waals surface area contributed by atoms with Crippen LogP contribution in [0.5, 0.6) is 0 Å². The number of hydrogen-bond donors (Lipinski definition) is 2. The Morgan fingerprint density at radius 3 is 2.55 bits per heavy atom. The zero-order valence-corrected chi connectivity index (χ0v) is 15.8. The number of aliphatic imine (C=N–C) groups is 1. The van der Waals surface area contributed by atoms with Crippen molar-refractivity contribution < 1.29 is 8.78 Å². The van der Waals surface area contributed by atoms with E-state index in [0.717, 1.165) is 17.4 Å². The molecule has 1 aromatic heterocycles. The highest BCUT2D eigenvalue weighted by Crippen LogP contribution is 2.12. The van der Waals surface area contributed by atoms with Gasteiger partial charge in [-0.15, -0.1) is 24.0 Å². The van der Waals surface area contributed by atoms with Crippen molar-refractivity contribution in [2.75, 3.05) is 7.05 Å². The molecule has 0 aromatic carbocycles. The third kappa shape index (κ3) is 7.37. The Morgan fingerprint density at radius 1 is 1.32 bits per heavy atom. The lowest BCUT2D eigenvalue weighted by Gasteiger charge is -2.18. The monoisotopic (exact) mass is 429 g/mol. The van der Waals surface area contributed by atoms with Crippen molar-refractivity contribution in [2.45, 2.75) is 52.7 Å². The molecule has 0 amide bonds. The third-order valence-electron chi connectivity index (χ3n) is 3.16. The number of rotatable bonds is 7. The van der Waals surface area contributed by atoms with Crippen LogP contribution in [0, 0.1) is 5.92 Å². The van der Waals surface area contributed by atoms with Crippen molar-refractivity contribution in [1.29, 1.82) is 0 Å². The topological polar surface area (TPSA) is 54.2 Å². The largest absolute Gasteiger partial charge is 0.354 e. The molecule has 1 unspecified atom stereocenters. The standard InChI is InChI=1S/C14H25F2N5.HI/c1-10(2)5-6-11(3)20-14(17-4)19-9-12-18-7-8-21(12)13(15)16;/h7-8,10-11,13H,5-6,9H2,1-4H3,(H2,17,19,20);1H. The van der Waals surface area contributed by atoms with E-state index in [0.29, 0.717) is 11.9 Å². The van der Waals surface area contributed by atoms with Crippen molar-refractivity contribution in [1.82, 2.24) is 20.2 Å². The Balaban J connectivity index is 0.00000441. The van der Waals surface area contributed by atoms with Gasteiger partial charge in [0.1, 0.15) is 5.82 Å². The Morgan fingerprint density at radius 2 is 2.00 bits per heavy atom. The van der Waals surface area contributed by atoms with Crippen LogP contribution in [0.2, 0.25) is 0 Å². The van der Waals surface area contributed by atoms with Crippen LogP contribution in [0.25, 0.3) is 0 Å². The molecule has 0 spiro atoms. The summed E-state index contributed by atoms with van der Waals surface area (Å²) in [7, 11) is 1.66. The lowest BCUT2D eigenvalue weighted by Crippen LogP contribution is -2.42. The van der Waals surface area contributed by atoms with Crippen LogP contribution in [-0.2, 0) is 6.54 Å². The number of alkyl halides is 2. The Labute approximate surface area is 148 Å². The van der Waals surface area contributed by atoms with E-state index >= 15 is 0 Å². The zero-order valence-electron chi connectivity index (χ0n) is 13.5. The predicted octanol–water partition coefficient (Wildman–Crippen LogP) is 3.39. The lowest BCUT2D eigenvalue weighted by molar-refractivity contribution is 0.0668. The summed E-state index contributed by atoms with van der Waals surface area (Å²) < 4.78 is 26.2. The van der Waals surface area contributed by atoms with Crippen LogP contribution in [0.1, 0.15) is 46.0 Å². The molecule has 1 rings (SSSR count). The number of guanidine groups is 1. The molecule has 0 saturated heterocycles. The highest BCUT2D eigenvalue weighted by molar-refractivity contribution is 14.0. The number of hydrogen-bond acceptors (Lipinski definition) is 2. The maximum absolute atomic E-state index is 12.7. The van der Waals surface area contributed by atoms with Crippen molar-refractivity contribution in [3.05, 3.63) is 18.2 Å². The van der Waals surface area contributed by atoms with Gasteiger partial charge in [0.2, 0.25) is 0 Å². The normalized spacial score (nSPS) is 13.2. The summed E-state index contributed by atoms with van der Waals surface area (Å²) in [5.74, 6) is 1.53. The molecular weight excluding hydrogens is 403 g/mol. The average Bonchev–Trinajstić information content (AvgIpc) is 2.89. The molecule has 22 heavy (non-hydrogen) atoms. The van der Waals surface area contributed by atoms with E-state index < -0.39 is 6.55 Å². The molecule has 0 aliphatic heterocycles. The van der Waals surface area contributed by atoms with Crippen LogP contribution < -0.4 is 10.6 Å². The smallest absolute Gasteiger partial charge is 0.319 e. The third-order valence-corrected chi connectivity index (χ3v) is 3.16. The van der Waals surface area contributed by atoms with Crippen LogP contribution in [0.15, 0.2) is 17.4 Å². The minimum Gasteiger partial charge on any atom is -0.354 e. The van der Waals surface area contributed by atoms with E-state index in [9.17, 15) is 8.78 Å². The Hall–Kier alpha value is -0.930.